The molecule has 1 amide bonds. The van der Waals surface area contributed by atoms with E-state index in [0.29, 0.717) is 18.7 Å². The molecule has 1 saturated heterocycles. The maximum Gasteiger partial charge on any atom is 0.312 e. The zero-order valence-corrected chi connectivity index (χ0v) is 18.1. The van der Waals surface area contributed by atoms with Gasteiger partial charge in [-0.25, -0.2) is 0 Å². The first-order chi connectivity index (χ1) is 14.4. The molecule has 0 aromatic heterocycles. The highest BCUT2D eigenvalue weighted by Gasteiger charge is 2.37. The molecule has 1 aromatic carbocycles. The minimum absolute atomic E-state index is 0.0571. The maximum absolute atomic E-state index is 13.0. The van der Waals surface area contributed by atoms with Crippen molar-refractivity contribution in [1.29, 1.82) is 0 Å². The third-order valence-electron chi connectivity index (χ3n) is 5.80. The van der Waals surface area contributed by atoms with Crippen LogP contribution >= 0.6 is 0 Å². The summed E-state index contributed by atoms with van der Waals surface area (Å²) in [5.74, 6) is -1.64. The molecule has 6 nitrogen and oxygen atoms in total. The highest BCUT2D eigenvalue weighted by molar-refractivity contribution is 5.91. The van der Waals surface area contributed by atoms with Gasteiger partial charge in [-0.15, -0.1) is 0 Å². The molecule has 30 heavy (non-hydrogen) atoms. The van der Waals surface area contributed by atoms with Gasteiger partial charge in [0.1, 0.15) is 11.6 Å². The summed E-state index contributed by atoms with van der Waals surface area (Å²) in [6.07, 6.45) is 13.4. The number of nitrogens with one attached hydrogen (secondary N) is 1. The maximum atomic E-state index is 13.0. The fourth-order valence-electron chi connectivity index (χ4n) is 3.92. The number of amides is 1. The molecule has 0 bridgehead atoms. The highest BCUT2D eigenvalue weighted by Crippen LogP contribution is 2.32. The minimum atomic E-state index is -0.907. The van der Waals surface area contributed by atoms with Crippen LogP contribution in [-0.2, 0) is 9.59 Å². The van der Waals surface area contributed by atoms with Crippen molar-refractivity contribution >= 4 is 23.6 Å². The lowest BCUT2D eigenvalue weighted by Gasteiger charge is -2.38. The predicted molar refractivity (Wildman–Crippen MR) is 122 cm³/mol. The second-order valence-corrected chi connectivity index (χ2v) is 8.31. The van der Waals surface area contributed by atoms with Gasteiger partial charge in [-0.1, -0.05) is 64.0 Å². The normalized spacial score (nSPS) is 21.2. The van der Waals surface area contributed by atoms with Crippen LogP contribution in [-0.4, -0.2) is 36.6 Å². The Morgan fingerprint density at radius 1 is 1.17 bits per heavy atom. The van der Waals surface area contributed by atoms with Gasteiger partial charge >= 0.3 is 5.97 Å². The van der Waals surface area contributed by atoms with E-state index in [1.807, 2.05) is 6.07 Å². The zero-order chi connectivity index (χ0) is 21.8. The van der Waals surface area contributed by atoms with Gasteiger partial charge in [-0.2, -0.15) is 0 Å². The molecule has 1 heterocycles. The molecule has 2 N–H and O–H groups in total. The molecule has 1 aromatic rings. The Bertz CT molecular complexity index is 719. The first-order valence-electron chi connectivity index (χ1n) is 11.3. The van der Waals surface area contributed by atoms with Gasteiger partial charge in [0.15, 0.2) is 0 Å². The fraction of sp³-hybridized carbons (Fsp3) is 0.583. The standard InChI is InChI=1S/C24H36N2O4/c1-2-3-4-5-6-7-8-9-16-25-23(27)14-13-20-11-10-12-22(18-20)26(30)17-15-21(19-26)24(28)29/h10-14,18,21H,2-9,15-17,19H2,1H3,(H,25,27)(H,28,29)/b14-13+. The van der Waals surface area contributed by atoms with Gasteiger partial charge < -0.3 is 20.3 Å². The number of aliphatic carboxylic acids is 1. The van der Waals surface area contributed by atoms with Crippen LogP contribution in [0.15, 0.2) is 30.3 Å². The van der Waals surface area contributed by atoms with Crippen LogP contribution < -0.4 is 9.96 Å². The number of quaternary nitrogens is 1. The van der Waals surface area contributed by atoms with Crippen molar-refractivity contribution in [2.75, 3.05) is 19.6 Å². The Labute approximate surface area is 180 Å². The first kappa shape index (κ1) is 24.1. The van der Waals surface area contributed by atoms with Crippen molar-refractivity contribution in [3.05, 3.63) is 41.1 Å². The summed E-state index contributed by atoms with van der Waals surface area (Å²) >= 11 is 0. The second-order valence-electron chi connectivity index (χ2n) is 8.31. The molecule has 1 aliphatic heterocycles. The number of carbonyl (C=O) groups excluding carboxylic acids is 1. The third kappa shape index (κ3) is 7.92. The van der Waals surface area contributed by atoms with E-state index in [4.69, 9.17) is 5.11 Å². The highest BCUT2D eigenvalue weighted by atomic mass is 16.5. The Morgan fingerprint density at radius 3 is 2.53 bits per heavy atom. The molecule has 6 heteroatoms. The SMILES string of the molecule is CCCCCCCCCCNC(=O)/C=C/c1cccc([N+]2([O-])CCC(C(=O)O)C2)c1. The number of carboxylic acid groups (broad SMARTS) is 1. The molecule has 0 saturated carbocycles. The van der Waals surface area contributed by atoms with E-state index in [-0.39, 0.29) is 19.0 Å². The number of carboxylic acids is 1. The lowest BCUT2D eigenvalue weighted by Crippen LogP contribution is -2.41. The van der Waals surface area contributed by atoms with Gasteiger partial charge in [0.05, 0.1) is 13.1 Å². The summed E-state index contributed by atoms with van der Waals surface area (Å²) < 4.78 is -0.622. The Balaban J connectivity index is 1.73. The van der Waals surface area contributed by atoms with E-state index < -0.39 is 16.5 Å². The predicted octanol–water partition coefficient (Wildman–Crippen LogP) is 4.87. The Morgan fingerprint density at radius 2 is 1.87 bits per heavy atom. The van der Waals surface area contributed by atoms with Gasteiger partial charge in [0.2, 0.25) is 5.91 Å². The Kier molecular flexibility index (Phi) is 10.0. The van der Waals surface area contributed by atoms with Crippen molar-refractivity contribution in [2.24, 2.45) is 5.92 Å². The molecule has 0 radical (unpaired) electrons. The monoisotopic (exact) mass is 416 g/mol. The number of nitrogens with zero attached hydrogens (tertiary/aromatic N) is 1. The van der Waals surface area contributed by atoms with Crippen LogP contribution in [0, 0.1) is 11.1 Å². The summed E-state index contributed by atoms with van der Waals surface area (Å²) in [7, 11) is 0. The fourth-order valence-corrected chi connectivity index (χ4v) is 3.92. The quantitative estimate of drug-likeness (QED) is 0.208. The second kappa shape index (κ2) is 12.5. The minimum Gasteiger partial charge on any atom is -0.627 e. The number of hydroxylamine groups is 2. The van der Waals surface area contributed by atoms with E-state index in [2.05, 4.69) is 12.2 Å². The summed E-state index contributed by atoms with van der Waals surface area (Å²) in [4.78, 5) is 23.2. The van der Waals surface area contributed by atoms with Gasteiger partial charge in [0, 0.05) is 25.1 Å². The molecular weight excluding hydrogens is 380 g/mol. The Hall–Kier alpha value is -2.18. The number of carbonyl (C=O) groups is 2. The molecule has 1 fully saturated rings. The molecule has 2 rings (SSSR count). The van der Waals surface area contributed by atoms with Crippen LogP contribution in [0.5, 0.6) is 0 Å². The zero-order valence-electron chi connectivity index (χ0n) is 18.1. The van der Waals surface area contributed by atoms with Crippen molar-refractivity contribution in [1.82, 2.24) is 9.96 Å². The number of benzene rings is 1. The van der Waals surface area contributed by atoms with Gasteiger partial charge in [0.25, 0.3) is 0 Å². The average Bonchev–Trinajstić information content (AvgIpc) is 3.15. The van der Waals surface area contributed by atoms with Crippen LogP contribution in [0.1, 0.15) is 70.3 Å². The summed E-state index contributed by atoms with van der Waals surface area (Å²) in [6.45, 7) is 3.22. The smallest absolute Gasteiger partial charge is 0.312 e. The first-order valence-corrected chi connectivity index (χ1v) is 11.3. The molecular formula is C24H36N2O4. The molecule has 2 unspecified atom stereocenters. The van der Waals surface area contributed by atoms with Gasteiger partial charge in [-0.3, -0.25) is 9.59 Å². The molecule has 0 aliphatic carbocycles. The summed E-state index contributed by atoms with van der Waals surface area (Å²) in [6, 6.07) is 7.10. The van der Waals surface area contributed by atoms with Crippen LogP contribution in [0.3, 0.4) is 0 Å². The number of hydrogen-bond donors (Lipinski definition) is 2. The van der Waals surface area contributed by atoms with E-state index in [1.165, 1.54) is 44.6 Å². The van der Waals surface area contributed by atoms with Crippen LogP contribution in [0.25, 0.3) is 6.08 Å². The lowest BCUT2D eigenvalue weighted by molar-refractivity contribution is -0.141. The summed E-state index contributed by atoms with van der Waals surface area (Å²) in [5.41, 5.74) is 1.31. The van der Waals surface area contributed by atoms with Gasteiger partial charge in [-0.05, 0) is 24.1 Å². The number of unbranched alkanes of at least 4 members (excludes halogenated alkanes) is 7. The van der Waals surface area contributed by atoms with E-state index in [0.717, 1.165) is 18.4 Å². The third-order valence-corrected chi connectivity index (χ3v) is 5.80. The van der Waals surface area contributed by atoms with Crippen molar-refractivity contribution in [3.63, 3.8) is 0 Å². The van der Waals surface area contributed by atoms with Crippen molar-refractivity contribution in [3.8, 4) is 0 Å². The summed E-state index contributed by atoms with van der Waals surface area (Å²) in [5, 5.41) is 25.0. The van der Waals surface area contributed by atoms with Crippen molar-refractivity contribution < 1.29 is 14.7 Å². The van der Waals surface area contributed by atoms with E-state index in [9.17, 15) is 14.8 Å². The number of hydrogen-bond acceptors (Lipinski definition) is 3. The largest absolute Gasteiger partial charge is 0.627 e. The topological polar surface area (TPSA) is 89.5 Å². The van der Waals surface area contributed by atoms with E-state index >= 15 is 0 Å². The molecule has 0 spiro atoms. The van der Waals surface area contributed by atoms with E-state index in [1.54, 1.807) is 24.3 Å². The molecule has 2 atom stereocenters. The van der Waals surface area contributed by atoms with Crippen LogP contribution in [0.2, 0.25) is 0 Å². The molecule has 1 aliphatic rings. The lowest BCUT2D eigenvalue weighted by atomic mass is 10.1. The van der Waals surface area contributed by atoms with Crippen LogP contribution in [0.4, 0.5) is 5.69 Å². The molecule has 166 valence electrons. The van der Waals surface area contributed by atoms with Crippen molar-refractivity contribution in [2.45, 2.75) is 64.7 Å². The number of rotatable bonds is 13. The average molecular weight is 417 g/mol.